The zero-order valence-electron chi connectivity index (χ0n) is 9.91. The molecule has 0 radical (unpaired) electrons. The summed E-state index contributed by atoms with van der Waals surface area (Å²) in [6.07, 6.45) is 3.13. The number of imidazole rings is 1. The molecule has 4 rings (SSSR count). The number of para-hydroxylation sites is 2. The van der Waals surface area contributed by atoms with Crippen molar-refractivity contribution in [3.8, 4) is 0 Å². The Balaban J connectivity index is 1.85. The number of carboxylic acids is 1. The number of nitrogens with zero attached hydrogens (tertiary/aromatic N) is 2. The predicted octanol–water partition coefficient (Wildman–Crippen LogP) is 2.56. The van der Waals surface area contributed by atoms with E-state index in [1.807, 2.05) is 18.2 Å². The first-order valence-electron chi connectivity index (χ1n) is 6.45. The van der Waals surface area contributed by atoms with E-state index >= 15 is 0 Å². The molecule has 2 aromatic rings. The molecule has 1 aromatic heterocycles. The van der Waals surface area contributed by atoms with Gasteiger partial charge < -0.3 is 9.67 Å². The fourth-order valence-electron chi connectivity index (χ4n) is 2.79. The molecule has 4 nitrogen and oxygen atoms in total. The number of hydrogen-bond donors (Lipinski definition) is 1. The summed E-state index contributed by atoms with van der Waals surface area (Å²) in [7, 11) is 0. The van der Waals surface area contributed by atoms with E-state index < -0.39 is 5.97 Å². The maximum atomic E-state index is 11.0. The highest BCUT2D eigenvalue weighted by atomic mass is 16.4. The second-order valence-corrected chi connectivity index (χ2v) is 5.35. The third-order valence-electron chi connectivity index (χ3n) is 3.97. The number of carboxylic acid groups (broad SMARTS) is 1. The first-order chi connectivity index (χ1) is 8.75. The van der Waals surface area contributed by atoms with Crippen molar-refractivity contribution in [1.82, 2.24) is 9.55 Å². The first kappa shape index (κ1) is 10.1. The molecule has 2 atom stereocenters. The maximum absolute atomic E-state index is 11.0. The number of aromatic nitrogens is 2. The Morgan fingerprint density at radius 2 is 2.11 bits per heavy atom. The molecule has 2 aliphatic carbocycles. The summed E-state index contributed by atoms with van der Waals surface area (Å²) in [5.74, 6) is 0.204. The molecular weight excluding hydrogens is 228 g/mol. The molecule has 1 N–H and O–H groups in total. The summed E-state index contributed by atoms with van der Waals surface area (Å²) in [6, 6.07) is 8.65. The van der Waals surface area contributed by atoms with E-state index in [1.54, 1.807) is 0 Å². The molecule has 0 aliphatic heterocycles. The number of fused-ring (bicyclic) bond motifs is 1. The zero-order valence-corrected chi connectivity index (χ0v) is 9.91. The van der Waals surface area contributed by atoms with Gasteiger partial charge in [-0.1, -0.05) is 12.1 Å². The highest BCUT2D eigenvalue weighted by Crippen LogP contribution is 2.50. The van der Waals surface area contributed by atoms with E-state index in [4.69, 9.17) is 5.11 Å². The van der Waals surface area contributed by atoms with Gasteiger partial charge in [-0.2, -0.15) is 0 Å². The molecule has 2 aliphatic rings. The van der Waals surface area contributed by atoms with Crippen molar-refractivity contribution in [3.63, 3.8) is 0 Å². The van der Waals surface area contributed by atoms with Crippen molar-refractivity contribution in [3.05, 3.63) is 30.1 Å². The van der Waals surface area contributed by atoms with Crippen molar-refractivity contribution >= 4 is 17.0 Å². The van der Waals surface area contributed by atoms with Gasteiger partial charge >= 0.3 is 5.97 Å². The lowest BCUT2D eigenvalue weighted by Crippen LogP contribution is -2.04. The second kappa shape index (κ2) is 3.34. The Morgan fingerprint density at radius 3 is 2.78 bits per heavy atom. The van der Waals surface area contributed by atoms with E-state index in [-0.39, 0.29) is 11.8 Å². The third kappa shape index (κ3) is 1.38. The number of hydrogen-bond acceptors (Lipinski definition) is 2. The smallest absolute Gasteiger partial charge is 0.307 e. The van der Waals surface area contributed by atoms with E-state index in [0.717, 1.165) is 23.3 Å². The van der Waals surface area contributed by atoms with Crippen LogP contribution >= 0.6 is 0 Å². The average molecular weight is 242 g/mol. The first-order valence-corrected chi connectivity index (χ1v) is 6.45. The van der Waals surface area contributed by atoms with Crippen LogP contribution in [0.2, 0.25) is 0 Å². The van der Waals surface area contributed by atoms with Gasteiger partial charge in [-0.05, 0) is 31.4 Å². The van der Waals surface area contributed by atoms with E-state index in [1.165, 1.54) is 12.8 Å². The van der Waals surface area contributed by atoms with Crippen LogP contribution in [0.15, 0.2) is 24.3 Å². The molecule has 0 amide bonds. The van der Waals surface area contributed by atoms with Crippen molar-refractivity contribution in [1.29, 1.82) is 0 Å². The summed E-state index contributed by atoms with van der Waals surface area (Å²) in [5.41, 5.74) is 2.15. The highest BCUT2D eigenvalue weighted by Gasteiger charge is 2.48. The Kier molecular flexibility index (Phi) is 1.88. The lowest BCUT2D eigenvalue weighted by Gasteiger charge is -2.06. The van der Waals surface area contributed by atoms with Crippen molar-refractivity contribution < 1.29 is 9.90 Å². The van der Waals surface area contributed by atoms with Crippen LogP contribution in [0, 0.1) is 5.92 Å². The van der Waals surface area contributed by atoms with Crippen LogP contribution in [0.1, 0.15) is 37.0 Å². The lowest BCUT2D eigenvalue weighted by molar-refractivity contribution is -0.138. The lowest BCUT2D eigenvalue weighted by atomic mass is 10.3. The fraction of sp³-hybridized carbons (Fsp3) is 0.429. The minimum Gasteiger partial charge on any atom is -0.481 e. The second-order valence-electron chi connectivity index (χ2n) is 5.35. The normalized spacial score (nSPS) is 26.4. The Morgan fingerprint density at radius 1 is 1.33 bits per heavy atom. The molecule has 0 bridgehead atoms. The number of benzene rings is 1. The van der Waals surface area contributed by atoms with Gasteiger partial charge in [0.1, 0.15) is 5.82 Å². The molecule has 2 saturated carbocycles. The molecule has 92 valence electrons. The summed E-state index contributed by atoms with van der Waals surface area (Å²) < 4.78 is 2.28. The molecule has 0 spiro atoms. The fourth-order valence-corrected chi connectivity index (χ4v) is 2.79. The van der Waals surface area contributed by atoms with Crippen LogP contribution in [0.5, 0.6) is 0 Å². The molecule has 4 heteroatoms. The van der Waals surface area contributed by atoms with Crippen molar-refractivity contribution in [2.45, 2.75) is 31.2 Å². The van der Waals surface area contributed by atoms with Gasteiger partial charge in [0.15, 0.2) is 0 Å². The Bertz CT molecular complexity index is 642. The number of rotatable bonds is 3. The van der Waals surface area contributed by atoms with Crippen LogP contribution in [0.25, 0.3) is 11.0 Å². The minimum atomic E-state index is -0.686. The standard InChI is InChI=1S/C14H14N2O2/c17-14(18)10-7-9(10)13-15-11-3-1-2-4-12(11)16(13)8-5-6-8/h1-4,8-10H,5-7H2,(H,17,18)/t9-,10-/m0/s1. The monoisotopic (exact) mass is 242 g/mol. The molecule has 0 unspecified atom stereocenters. The zero-order chi connectivity index (χ0) is 12.3. The van der Waals surface area contributed by atoms with Crippen LogP contribution in [0.4, 0.5) is 0 Å². The van der Waals surface area contributed by atoms with E-state index in [9.17, 15) is 4.79 Å². The third-order valence-corrected chi connectivity index (χ3v) is 3.97. The summed E-state index contributed by atoms with van der Waals surface area (Å²) in [6.45, 7) is 0. The van der Waals surface area contributed by atoms with Gasteiger partial charge in [-0.15, -0.1) is 0 Å². The van der Waals surface area contributed by atoms with E-state index in [2.05, 4.69) is 15.6 Å². The number of carbonyl (C=O) groups is 1. The van der Waals surface area contributed by atoms with Gasteiger partial charge in [0, 0.05) is 12.0 Å². The van der Waals surface area contributed by atoms with Gasteiger partial charge in [0.2, 0.25) is 0 Å². The molecular formula is C14H14N2O2. The van der Waals surface area contributed by atoms with Crippen molar-refractivity contribution in [2.24, 2.45) is 5.92 Å². The number of aliphatic carboxylic acids is 1. The van der Waals surface area contributed by atoms with Gasteiger partial charge in [0.05, 0.1) is 17.0 Å². The van der Waals surface area contributed by atoms with Crippen LogP contribution in [-0.2, 0) is 4.79 Å². The average Bonchev–Trinajstić information content (AvgIpc) is 3.25. The maximum Gasteiger partial charge on any atom is 0.307 e. The largest absolute Gasteiger partial charge is 0.481 e. The SMILES string of the molecule is O=C(O)[C@H]1C[C@@H]1c1nc2ccccc2n1C1CC1. The van der Waals surface area contributed by atoms with Gasteiger partial charge in [-0.3, -0.25) is 4.79 Å². The summed E-state index contributed by atoms with van der Waals surface area (Å²) in [5, 5.41) is 9.07. The molecule has 1 aromatic carbocycles. The summed E-state index contributed by atoms with van der Waals surface area (Å²) >= 11 is 0. The predicted molar refractivity (Wildman–Crippen MR) is 66.5 cm³/mol. The quantitative estimate of drug-likeness (QED) is 0.899. The van der Waals surface area contributed by atoms with Crippen LogP contribution in [0.3, 0.4) is 0 Å². The van der Waals surface area contributed by atoms with E-state index in [0.29, 0.717) is 6.04 Å². The van der Waals surface area contributed by atoms with Crippen LogP contribution in [-0.4, -0.2) is 20.6 Å². The highest BCUT2D eigenvalue weighted by molar-refractivity contribution is 5.78. The topological polar surface area (TPSA) is 55.1 Å². The molecule has 1 heterocycles. The Hall–Kier alpha value is -1.84. The molecule has 0 saturated heterocycles. The molecule has 18 heavy (non-hydrogen) atoms. The van der Waals surface area contributed by atoms with Crippen molar-refractivity contribution in [2.75, 3.05) is 0 Å². The van der Waals surface area contributed by atoms with Crippen LogP contribution < -0.4 is 0 Å². The molecule has 2 fully saturated rings. The summed E-state index contributed by atoms with van der Waals surface area (Å²) in [4.78, 5) is 15.7. The van der Waals surface area contributed by atoms with Gasteiger partial charge in [0.25, 0.3) is 0 Å². The minimum absolute atomic E-state index is 0.121. The van der Waals surface area contributed by atoms with Gasteiger partial charge in [-0.25, -0.2) is 4.98 Å². The Labute approximate surface area is 104 Å².